The summed E-state index contributed by atoms with van der Waals surface area (Å²) in [5.41, 5.74) is 1.56. The molecule has 0 saturated heterocycles. The molecule has 0 aromatic heterocycles. The van der Waals surface area contributed by atoms with Gasteiger partial charge in [-0.15, -0.1) is 0 Å². The summed E-state index contributed by atoms with van der Waals surface area (Å²) in [5.74, 6) is 0.234. The molecule has 6 heteroatoms. The van der Waals surface area contributed by atoms with E-state index < -0.39 is 10.0 Å². The average molecular weight is 306 g/mol. The van der Waals surface area contributed by atoms with Gasteiger partial charge in [0.05, 0.1) is 10.9 Å². The second-order valence-corrected chi connectivity index (χ2v) is 6.29. The van der Waals surface area contributed by atoms with E-state index in [-0.39, 0.29) is 16.7 Å². The molecule has 0 heterocycles. The highest BCUT2D eigenvalue weighted by atomic mass is 32.2. The first-order valence-corrected chi connectivity index (χ1v) is 8.13. The lowest BCUT2D eigenvalue weighted by atomic mass is 10.0. The Morgan fingerprint density at radius 1 is 1.14 bits per heavy atom. The maximum atomic E-state index is 11.2. The number of hydrogen-bond donors (Lipinski definition) is 3. The lowest BCUT2D eigenvalue weighted by Crippen LogP contribution is -2.13. The van der Waals surface area contributed by atoms with E-state index in [9.17, 15) is 13.5 Å². The highest BCUT2D eigenvalue weighted by molar-refractivity contribution is 7.89. The van der Waals surface area contributed by atoms with Crippen LogP contribution in [0, 0.1) is 0 Å². The molecule has 0 aliphatic carbocycles. The van der Waals surface area contributed by atoms with Crippen LogP contribution in [0.3, 0.4) is 0 Å². The molecule has 5 nitrogen and oxygen atoms in total. The fourth-order valence-electron chi connectivity index (χ4n) is 2.12. The van der Waals surface area contributed by atoms with Crippen LogP contribution < -0.4 is 10.5 Å². The van der Waals surface area contributed by atoms with Crippen molar-refractivity contribution < 1.29 is 13.5 Å². The number of phenols is 1. The third kappa shape index (κ3) is 3.74. The Morgan fingerprint density at radius 3 is 2.29 bits per heavy atom. The first kappa shape index (κ1) is 15.3. The van der Waals surface area contributed by atoms with Gasteiger partial charge in [0.2, 0.25) is 10.0 Å². The van der Waals surface area contributed by atoms with Crippen LogP contribution in [0.4, 0.5) is 5.69 Å². The highest BCUT2D eigenvalue weighted by Gasteiger charge is 2.13. The molecule has 21 heavy (non-hydrogen) atoms. The van der Waals surface area contributed by atoms with Gasteiger partial charge in [-0.2, -0.15) is 0 Å². The van der Waals surface area contributed by atoms with Crippen molar-refractivity contribution in [2.75, 3.05) is 5.32 Å². The molecule has 0 radical (unpaired) electrons. The van der Waals surface area contributed by atoms with E-state index in [2.05, 4.69) is 5.32 Å². The Kier molecular flexibility index (Phi) is 4.50. The number of nitrogens with one attached hydrogen (secondary N) is 1. The van der Waals surface area contributed by atoms with Crippen molar-refractivity contribution >= 4 is 15.7 Å². The third-order valence-corrected chi connectivity index (χ3v) is 4.17. The summed E-state index contributed by atoms with van der Waals surface area (Å²) in [4.78, 5) is 0.0728. The van der Waals surface area contributed by atoms with Gasteiger partial charge in [0.25, 0.3) is 0 Å². The van der Waals surface area contributed by atoms with Gasteiger partial charge in [0.15, 0.2) is 0 Å². The summed E-state index contributed by atoms with van der Waals surface area (Å²) in [5, 5.41) is 18.2. The normalized spacial score (nSPS) is 12.9. The van der Waals surface area contributed by atoms with Gasteiger partial charge >= 0.3 is 0 Å². The summed E-state index contributed by atoms with van der Waals surface area (Å²) in [6.07, 6.45) is 0.772. The first-order valence-electron chi connectivity index (χ1n) is 6.59. The van der Waals surface area contributed by atoms with Crippen molar-refractivity contribution in [1.29, 1.82) is 0 Å². The van der Waals surface area contributed by atoms with Gasteiger partial charge in [-0.25, -0.2) is 13.6 Å². The molecule has 112 valence electrons. The fraction of sp³-hybridized carbons (Fsp3) is 0.200. The summed E-state index contributed by atoms with van der Waals surface area (Å²) in [7, 11) is -3.68. The van der Waals surface area contributed by atoms with Gasteiger partial charge in [-0.05, 0) is 36.8 Å². The molecule has 0 saturated carbocycles. The predicted octanol–water partition coefficient (Wildman–Crippen LogP) is 2.60. The molecule has 0 fully saturated rings. The number of sulfonamides is 1. The number of rotatable bonds is 5. The maximum Gasteiger partial charge on any atom is 0.238 e. The summed E-state index contributed by atoms with van der Waals surface area (Å²) in [6, 6.07) is 13.3. The van der Waals surface area contributed by atoms with Gasteiger partial charge in [0.1, 0.15) is 5.75 Å². The number of nitrogens with two attached hydrogens (primary N) is 1. The highest BCUT2D eigenvalue weighted by Crippen LogP contribution is 2.29. The van der Waals surface area contributed by atoms with Crippen molar-refractivity contribution in [3.63, 3.8) is 0 Å². The van der Waals surface area contributed by atoms with Crippen LogP contribution >= 0.6 is 0 Å². The van der Waals surface area contributed by atoms with E-state index in [0.717, 1.165) is 17.7 Å². The SMILES string of the molecule is CCC(Nc1ccc(S(N)(=O)=O)cc1)c1ccccc1O. The lowest BCUT2D eigenvalue weighted by molar-refractivity contribution is 0.463. The smallest absolute Gasteiger partial charge is 0.238 e. The van der Waals surface area contributed by atoms with Crippen molar-refractivity contribution in [2.45, 2.75) is 24.3 Å². The second kappa shape index (κ2) is 6.15. The topological polar surface area (TPSA) is 92.4 Å². The Balaban J connectivity index is 2.22. The van der Waals surface area contributed by atoms with Crippen LogP contribution in [-0.2, 0) is 10.0 Å². The predicted molar refractivity (Wildman–Crippen MR) is 82.6 cm³/mol. The average Bonchev–Trinajstić information content (AvgIpc) is 2.45. The molecule has 0 spiro atoms. The quantitative estimate of drug-likeness (QED) is 0.791. The van der Waals surface area contributed by atoms with Gasteiger partial charge in [0, 0.05) is 11.3 Å². The fourth-order valence-corrected chi connectivity index (χ4v) is 2.64. The zero-order chi connectivity index (χ0) is 15.5. The number of aromatic hydroxyl groups is 1. The van der Waals surface area contributed by atoms with Crippen molar-refractivity contribution in [3.05, 3.63) is 54.1 Å². The third-order valence-electron chi connectivity index (χ3n) is 3.24. The monoisotopic (exact) mass is 306 g/mol. The molecule has 0 bridgehead atoms. The first-order chi connectivity index (χ1) is 9.91. The number of para-hydroxylation sites is 1. The van der Waals surface area contributed by atoms with E-state index in [1.807, 2.05) is 19.1 Å². The van der Waals surface area contributed by atoms with Gasteiger partial charge in [-0.3, -0.25) is 0 Å². The Hall–Kier alpha value is -2.05. The molecule has 2 aromatic rings. The van der Waals surface area contributed by atoms with Crippen molar-refractivity contribution in [1.82, 2.24) is 0 Å². The molecule has 0 aliphatic heterocycles. The zero-order valence-corrected chi connectivity index (χ0v) is 12.5. The van der Waals surface area contributed by atoms with Gasteiger partial charge in [-0.1, -0.05) is 25.1 Å². The molecule has 1 atom stereocenters. The maximum absolute atomic E-state index is 11.2. The Morgan fingerprint density at radius 2 is 1.76 bits per heavy atom. The summed E-state index contributed by atoms with van der Waals surface area (Å²) < 4.78 is 22.4. The van der Waals surface area contributed by atoms with Crippen LogP contribution in [0.25, 0.3) is 0 Å². The summed E-state index contributed by atoms with van der Waals surface area (Å²) >= 11 is 0. The molecule has 2 rings (SSSR count). The van der Waals surface area contributed by atoms with Crippen LogP contribution in [0.5, 0.6) is 5.75 Å². The Bertz CT molecular complexity index is 712. The number of anilines is 1. The largest absolute Gasteiger partial charge is 0.508 e. The zero-order valence-electron chi connectivity index (χ0n) is 11.7. The standard InChI is InChI=1S/C15H18N2O3S/c1-2-14(13-5-3-4-6-15(13)18)17-11-7-9-12(10-8-11)21(16,19)20/h3-10,14,17-18H,2H2,1H3,(H2,16,19,20). The van der Waals surface area contributed by atoms with Crippen LogP contribution in [0.1, 0.15) is 24.9 Å². The van der Waals surface area contributed by atoms with Crippen LogP contribution in [0.15, 0.2) is 53.4 Å². The molecule has 4 N–H and O–H groups in total. The van der Waals surface area contributed by atoms with E-state index in [1.165, 1.54) is 12.1 Å². The molecule has 1 unspecified atom stereocenters. The number of phenolic OH excluding ortho intramolecular Hbond substituents is 1. The molecule has 2 aromatic carbocycles. The molecular weight excluding hydrogens is 288 g/mol. The van der Waals surface area contributed by atoms with Crippen LogP contribution in [0.2, 0.25) is 0 Å². The van der Waals surface area contributed by atoms with Crippen LogP contribution in [-0.4, -0.2) is 13.5 Å². The molecular formula is C15H18N2O3S. The van der Waals surface area contributed by atoms with E-state index in [0.29, 0.717) is 0 Å². The lowest BCUT2D eigenvalue weighted by Gasteiger charge is -2.20. The van der Waals surface area contributed by atoms with E-state index in [1.54, 1.807) is 24.3 Å². The molecule has 0 aliphatic rings. The minimum Gasteiger partial charge on any atom is -0.508 e. The van der Waals surface area contributed by atoms with E-state index in [4.69, 9.17) is 5.14 Å². The number of hydrogen-bond acceptors (Lipinski definition) is 4. The van der Waals surface area contributed by atoms with Crippen molar-refractivity contribution in [2.24, 2.45) is 5.14 Å². The molecule has 0 amide bonds. The minimum atomic E-state index is -3.68. The summed E-state index contributed by atoms with van der Waals surface area (Å²) in [6.45, 7) is 2.00. The number of benzene rings is 2. The minimum absolute atomic E-state index is 0.0634. The van der Waals surface area contributed by atoms with Crippen molar-refractivity contribution in [3.8, 4) is 5.75 Å². The second-order valence-electron chi connectivity index (χ2n) is 4.73. The number of primary sulfonamides is 1. The Labute approximate surface area is 124 Å². The van der Waals surface area contributed by atoms with E-state index >= 15 is 0 Å². The van der Waals surface area contributed by atoms with Gasteiger partial charge < -0.3 is 10.4 Å².